The third-order valence-corrected chi connectivity index (χ3v) is 7.00. The van der Waals surface area contributed by atoms with E-state index in [1.54, 1.807) is 13.8 Å². The van der Waals surface area contributed by atoms with E-state index in [0.717, 1.165) is 51.4 Å². The highest BCUT2D eigenvalue weighted by Crippen LogP contribution is 2.13. The lowest BCUT2D eigenvalue weighted by molar-refractivity contribution is -0.140. The molecule has 0 fully saturated rings. The van der Waals surface area contributed by atoms with Gasteiger partial charge in [-0.3, -0.25) is 4.79 Å². The van der Waals surface area contributed by atoms with Crippen molar-refractivity contribution < 1.29 is 17.9 Å². The third kappa shape index (κ3) is 9.37. The van der Waals surface area contributed by atoms with Crippen LogP contribution in [0.4, 0.5) is 0 Å². The topological polar surface area (TPSA) is 60.4 Å². The number of hydrogen-bond acceptors (Lipinski definition) is 4. The van der Waals surface area contributed by atoms with Crippen LogP contribution in [-0.4, -0.2) is 32.5 Å². The Kier molecular flexibility index (Phi) is 10.6. The zero-order valence-corrected chi connectivity index (χ0v) is 17.3. The molecule has 5 heteroatoms. The summed E-state index contributed by atoms with van der Waals surface area (Å²) in [6.45, 7) is 3.50. The molecule has 1 aromatic carbocycles. The Bertz CT molecular complexity index is 618. The van der Waals surface area contributed by atoms with Gasteiger partial charge >= 0.3 is 5.97 Å². The number of ether oxygens (including phenoxy) is 1. The summed E-state index contributed by atoms with van der Waals surface area (Å²) in [4.78, 5) is 11.1. The van der Waals surface area contributed by atoms with Crippen LogP contribution in [0, 0.1) is 0 Å². The van der Waals surface area contributed by atoms with Crippen molar-refractivity contribution in [3.8, 4) is 0 Å². The van der Waals surface area contributed by atoms with E-state index in [-0.39, 0.29) is 11.2 Å². The lowest BCUT2D eigenvalue weighted by atomic mass is 10.0. The average molecular weight is 383 g/mol. The monoisotopic (exact) mass is 382 g/mol. The number of carbonyl (C=O) groups is 1. The van der Waals surface area contributed by atoms with E-state index in [2.05, 4.69) is 29.0 Å². The number of esters is 1. The van der Waals surface area contributed by atoms with Crippen LogP contribution < -0.4 is 0 Å². The molecule has 0 aliphatic rings. The van der Waals surface area contributed by atoms with Crippen LogP contribution in [0.5, 0.6) is 0 Å². The normalized spacial score (nSPS) is 11.7. The van der Waals surface area contributed by atoms with E-state index in [0.29, 0.717) is 12.2 Å². The van der Waals surface area contributed by atoms with Gasteiger partial charge < -0.3 is 4.74 Å². The molecule has 0 aliphatic heterocycles. The van der Waals surface area contributed by atoms with Gasteiger partial charge in [0.15, 0.2) is 9.84 Å². The molecule has 148 valence electrons. The number of benzene rings is 1. The summed E-state index contributed by atoms with van der Waals surface area (Å²) in [5.74, 6) is 0.172. The third-order valence-electron chi connectivity index (χ3n) is 4.71. The first-order chi connectivity index (χ1) is 12.3. The summed E-state index contributed by atoms with van der Waals surface area (Å²) < 4.78 is 28.1. The van der Waals surface area contributed by atoms with Gasteiger partial charge in [0.25, 0.3) is 0 Å². The first-order valence-electron chi connectivity index (χ1n) is 9.71. The molecule has 0 N–H and O–H groups in total. The maximum atomic E-state index is 11.7. The molecule has 0 saturated heterocycles. The van der Waals surface area contributed by atoms with Crippen molar-refractivity contribution in [1.29, 1.82) is 0 Å². The average Bonchev–Trinajstić information content (AvgIpc) is 2.61. The van der Waals surface area contributed by atoms with Gasteiger partial charge in [-0.25, -0.2) is 8.42 Å². The minimum atomic E-state index is -2.88. The SMILES string of the molecule is COC(=O)CCCc1ccc(CCCCCCCS(=O)(=O)C(C)C)cc1. The molecular weight excluding hydrogens is 348 g/mol. The highest BCUT2D eigenvalue weighted by atomic mass is 32.2. The number of methoxy groups -OCH3 is 1. The first kappa shape index (κ1) is 22.7. The molecule has 0 unspecified atom stereocenters. The number of unbranched alkanes of at least 4 members (excludes halogenated alkanes) is 4. The number of sulfone groups is 1. The smallest absolute Gasteiger partial charge is 0.305 e. The zero-order chi connectivity index (χ0) is 19.4. The number of aryl methyl sites for hydroxylation is 2. The van der Waals surface area contributed by atoms with Crippen LogP contribution in [0.2, 0.25) is 0 Å². The summed E-state index contributed by atoms with van der Waals surface area (Å²) in [7, 11) is -1.46. The molecule has 0 radical (unpaired) electrons. The lowest BCUT2D eigenvalue weighted by Crippen LogP contribution is -2.17. The second-order valence-corrected chi connectivity index (χ2v) is 9.86. The molecule has 0 spiro atoms. The Morgan fingerprint density at radius 2 is 1.38 bits per heavy atom. The Labute approximate surface area is 159 Å². The molecule has 1 rings (SSSR count). The molecule has 0 amide bonds. The minimum absolute atomic E-state index is 0.150. The van der Waals surface area contributed by atoms with Gasteiger partial charge in [-0.05, 0) is 57.1 Å². The van der Waals surface area contributed by atoms with Gasteiger partial charge in [0.2, 0.25) is 0 Å². The Morgan fingerprint density at radius 1 is 0.885 bits per heavy atom. The van der Waals surface area contributed by atoms with Gasteiger partial charge in [-0.1, -0.05) is 43.5 Å². The van der Waals surface area contributed by atoms with Gasteiger partial charge in [-0.2, -0.15) is 0 Å². The van der Waals surface area contributed by atoms with Crippen molar-refractivity contribution in [3.63, 3.8) is 0 Å². The van der Waals surface area contributed by atoms with Crippen molar-refractivity contribution in [2.45, 2.75) is 76.9 Å². The van der Waals surface area contributed by atoms with Gasteiger partial charge in [-0.15, -0.1) is 0 Å². The van der Waals surface area contributed by atoms with E-state index in [1.165, 1.54) is 18.2 Å². The predicted molar refractivity (Wildman–Crippen MR) is 107 cm³/mol. The fourth-order valence-electron chi connectivity index (χ4n) is 2.81. The molecule has 1 aromatic rings. The summed E-state index contributed by atoms with van der Waals surface area (Å²) in [5.41, 5.74) is 2.59. The summed E-state index contributed by atoms with van der Waals surface area (Å²) in [6.07, 6.45) is 8.39. The molecule has 0 atom stereocenters. The summed E-state index contributed by atoms with van der Waals surface area (Å²) in [6, 6.07) is 8.62. The van der Waals surface area contributed by atoms with Crippen molar-refractivity contribution in [2.24, 2.45) is 0 Å². The largest absolute Gasteiger partial charge is 0.469 e. The second kappa shape index (κ2) is 12.1. The number of rotatable bonds is 13. The summed E-state index contributed by atoms with van der Waals surface area (Å²) in [5, 5.41) is -0.258. The van der Waals surface area contributed by atoms with Crippen molar-refractivity contribution in [3.05, 3.63) is 35.4 Å². The number of hydrogen-bond donors (Lipinski definition) is 0. The molecule has 26 heavy (non-hydrogen) atoms. The van der Waals surface area contributed by atoms with Gasteiger partial charge in [0.05, 0.1) is 18.1 Å². The van der Waals surface area contributed by atoms with Gasteiger partial charge in [0, 0.05) is 6.42 Å². The highest BCUT2D eigenvalue weighted by molar-refractivity contribution is 7.91. The van der Waals surface area contributed by atoms with Crippen LogP contribution in [0.1, 0.15) is 69.9 Å². The van der Waals surface area contributed by atoms with Gasteiger partial charge in [0.1, 0.15) is 0 Å². The maximum Gasteiger partial charge on any atom is 0.305 e. The molecule has 0 aliphatic carbocycles. The Morgan fingerprint density at radius 3 is 1.92 bits per heavy atom. The summed E-state index contributed by atoms with van der Waals surface area (Å²) >= 11 is 0. The van der Waals surface area contributed by atoms with E-state index >= 15 is 0 Å². The van der Waals surface area contributed by atoms with Crippen LogP contribution in [0.3, 0.4) is 0 Å². The van der Waals surface area contributed by atoms with Crippen LogP contribution in [0.25, 0.3) is 0 Å². The lowest BCUT2D eigenvalue weighted by Gasteiger charge is -2.07. The van der Waals surface area contributed by atoms with Crippen LogP contribution in [0.15, 0.2) is 24.3 Å². The van der Waals surface area contributed by atoms with Crippen molar-refractivity contribution in [1.82, 2.24) is 0 Å². The second-order valence-electron chi connectivity index (χ2n) is 7.18. The van der Waals surface area contributed by atoms with Crippen LogP contribution in [-0.2, 0) is 32.2 Å². The highest BCUT2D eigenvalue weighted by Gasteiger charge is 2.14. The van der Waals surface area contributed by atoms with E-state index in [4.69, 9.17) is 0 Å². The first-order valence-corrected chi connectivity index (χ1v) is 11.4. The standard InChI is InChI=1S/C21H34O4S/c1-18(2)26(23,24)17-8-6-4-5-7-10-19-13-15-20(16-14-19)11-9-12-21(22)25-3/h13-16,18H,4-12,17H2,1-3H3. The Hall–Kier alpha value is -1.36. The molecular formula is C21H34O4S. The zero-order valence-electron chi connectivity index (χ0n) is 16.5. The quantitative estimate of drug-likeness (QED) is 0.372. The molecule has 0 saturated carbocycles. The predicted octanol–water partition coefficient (Wildman–Crippen LogP) is 4.50. The van der Waals surface area contributed by atoms with Crippen molar-refractivity contribution >= 4 is 15.8 Å². The molecule has 4 nitrogen and oxygen atoms in total. The van der Waals surface area contributed by atoms with E-state index in [9.17, 15) is 13.2 Å². The minimum Gasteiger partial charge on any atom is -0.469 e. The molecule has 0 heterocycles. The van der Waals surface area contributed by atoms with E-state index in [1.807, 2.05) is 0 Å². The Balaban J connectivity index is 2.13. The fourth-order valence-corrected chi connectivity index (χ4v) is 3.89. The fraction of sp³-hybridized carbons (Fsp3) is 0.667. The molecule has 0 bridgehead atoms. The number of carbonyl (C=O) groups excluding carboxylic acids is 1. The van der Waals surface area contributed by atoms with Crippen molar-refractivity contribution in [2.75, 3.05) is 12.9 Å². The van der Waals surface area contributed by atoms with Crippen LogP contribution >= 0.6 is 0 Å². The van der Waals surface area contributed by atoms with E-state index < -0.39 is 9.84 Å². The molecule has 0 aromatic heterocycles. The maximum absolute atomic E-state index is 11.7.